The Hall–Kier alpha value is -0.830. The highest BCUT2D eigenvalue weighted by Gasteiger charge is 2.46. The van der Waals surface area contributed by atoms with Crippen LogP contribution in [0.2, 0.25) is 5.02 Å². The Labute approximate surface area is 102 Å². The van der Waals surface area contributed by atoms with E-state index in [9.17, 15) is 21.9 Å². The summed E-state index contributed by atoms with van der Waals surface area (Å²) in [5.74, 6) is -0.755. The third kappa shape index (κ3) is 2.25. The van der Waals surface area contributed by atoms with Gasteiger partial charge in [0, 0.05) is 11.3 Å². The molecule has 0 spiro atoms. The van der Waals surface area contributed by atoms with E-state index < -0.39 is 29.6 Å². The monoisotopic (exact) mass is 285 g/mol. The van der Waals surface area contributed by atoms with Gasteiger partial charge in [-0.15, -0.1) is 0 Å². The summed E-state index contributed by atoms with van der Waals surface area (Å²) < 4.78 is 60.8. The van der Waals surface area contributed by atoms with Gasteiger partial charge in [-0.3, -0.25) is 4.21 Å². The first-order chi connectivity index (χ1) is 7.81. The van der Waals surface area contributed by atoms with E-state index in [1.807, 2.05) is 0 Å². The van der Waals surface area contributed by atoms with Crippen molar-refractivity contribution in [3.63, 3.8) is 0 Å². The fourth-order valence-corrected chi connectivity index (χ4v) is 2.35. The van der Waals surface area contributed by atoms with Crippen LogP contribution in [0, 0.1) is 5.82 Å². The molecule has 1 N–H and O–H groups in total. The highest BCUT2D eigenvalue weighted by Crippen LogP contribution is 2.44. The van der Waals surface area contributed by atoms with Gasteiger partial charge < -0.3 is 4.55 Å². The molecular formula is C8H5ClF3N2O2S-. The fraction of sp³-hybridized carbons (Fsp3) is 0.250. The number of nitrogens with zero attached hydrogens (tertiary/aromatic N) is 1. The average Bonchev–Trinajstić information content (AvgIpc) is 2.36. The van der Waals surface area contributed by atoms with Crippen LogP contribution in [0.4, 0.5) is 18.9 Å². The SMILES string of the molecule is O=S([O-])NN1c2c(Cl)cc(F)cc2CC1(F)F. The van der Waals surface area contributed by atoms with Crippen molar-refractivity contribution in [3.8, 4) is 0 Å². The van der Waals surface area contributed by atoms with Gasteiger partial charge in [0.1, 0.15) is 5.82 Å². The second-order valence-electron chi connectivity index (χ2n) is 3.40. The Kier molecular flexibility index (Phi) is 3.06. The van der Waals surface area contributed by atoms with Gasteiger partial charge in [0.2, 0.25) is 0 Å². The fourth-order valence-electron chi connectivity index (χ4n) is 1.66. The zero-order chi connectivity index (χ0) is 12.8. The second kappa shape index (κ2) is 4.13. The van der Waals surface area contributed by atoms with E-state index in [1.165, 1.54) is 0 Å². The first-order valence-electron chi connectivity index (χ1n) is 4.33. The maximum atomic E-state index is 13.5. The van der Waals surface area contributed by atoms with E-state index in [4.69, 9.17) is 11.6 Å². The molecule has 0 aliphatic carbocycles. The van der Waals surface area contributed by atoms with Gasteiger partial charge in [0.25, 0.3) is 0 Å². The number of halogens is 4. The van der Waals surface area contributed by atoms with Crippen LogP contribution in [-0.2, 0) is 17.7 Å². The van der Waals surface area contributed by atoms with Crippen molar-refractivity contribution in [1.82, 2.24) is 4.83 Å². The number of fused-ring (bicyclic) bond motifs is 1. The van der Waals surface area contributed by atoms with Gasteiger partial charge >= 0.3 is 6.05 Å². The third-order valence-corrected chi connectivity index (χ3v) is 2.85. The van der Waals surface area contributed by atoms with Crippen LogP contribution < -0.4 is 9.84 Å². The van der Waals surface area contributed by atoms with Crippen LogP contribution >= 0.6 is 11.6 Å². The number of rotatable bonds is 2. The molecule has 1 atom stereocenters. The molecule has 1 aliphatic rings. The Balaban J connectivity index is 2.51. The number of hydrogen-bond acceptors (Lipinski definition) is 3. The smallest absolute Gasteiger partial charge is 0.343 e. The molecule has 17 heavy (non-hydrogen) atoms. The summed E-state index contributed by atoms with van der Waals surface area (Å²) in [6, 6.07) is -1.76. The van der Waals surface area contributed by atoms with Crippen molar-refractivity contribution in [2.45, 2.75) is 12.5 Å². The maximum absolute atomic E-state index is 13.5. The van der Waals surface area contributed by atoms with Gasteiger partial charge in [-0.1, -0.05) is 11.6 Å². The lowest BCUT2D eigenvalue weighted by atomic mass is 10.1. The molecule has 1 unspecified atom stereocenters. The first kappa shape index (κ1) is 12.6. The molecule has 1 aliphatic heterocycles. The molecular weight excluding hydrogens is 281 g/mol. The molecule has 0 aromatic heterocycles. The lowest BCUT2D eigenvalue weighted by molar-refractivity contribution is 0.00291. The van der Waals surface area contributed by atoms with E-state index in [0.29, 0.717) is 0 Å². The Morgan fingerprint density at radius 3 is 2.76 bits per heavy atom. The normalized spacial score (nSPS) is 19.2. The van der Waals surface area contributed by atoms with Crippen LogP contribution in [0.1, 0.15) is 5.56 Å². The topological polar surface area (TPSA) is 55.4 Å². The lowest BCUT2D eigenvalue weighted by Gasteiger charge is -2.28. The van der Waals surface area contributed by atoms with Crippen molar-refractivity contribution in [3.05, 3.63) is 28.5 Å². The summed E-state index contributed by atoms with van der Waals surface area (Å²) >= 11 is 2.70. The van der Waals surface area contributed by atoms with Gasteiger partial charge in [0.15, 0.2) is 0 Å². The summed E-state index contributed by atoms with van der Waals surface area (Å²) in [4.78, 5) is 1.54. The van der Waals surface area contributed by atoms with Gasteiger partial charge in [-0.2, -0.15) is 13.6 Å². The van der Waals surface area contributed by atoms with Gasteiger partial charge in [-0.25, -0.2) is 9.40 Å². The van der Waals surface area contributed by atoms with E-state index in [2.05, 4.69) is 0 Å². The average molecular weight is 286 g/mol. The number of benzene rings is 1. The van der Waals surface area contributed by atoms with Crippen molar-refractivity contribution < 1.29 is 21.9 Å². The largest absolute Gasteiger partial charge is 0.759 e. The first-order valence-corrected chi connectivity index (χ1v) is 5.78. The van der Waals surface area contributed by atoms with Gasteiger partial charge in [-0.05, 0) is 17.7 Å². The van der Waals surface area contributed by atoms with Crippen LogP contribution in [-0.4, -0.2) is 14.8 Å². The summed E-state index contributed by atoms with van der Waals surface area (Å²) in [7, 11) is 0. The minimum Gasteiger partial charge on any atom is -0.759 e. The molecule has 2 rings (SSSR count). The van der Waals surface area contributed by atoms with E-state index in [1.54, 1.807) is 4.83 Å². The summed E-state index contributed by atoms with van der Waals surface area (Å²) in [6.07, 6.45) is -0.815. The zero-order valence-electron chi connectivity index (χ0n) is 8.05. The number of nitrogens with one attached hydrogen (secondary N) is 1. The number of alkyl halides is 2. The summed E-state index contributed by atoms with van der Waals surface area (Å²) in [6.45, 7) is 0. The number of hydrogen-bond donors (Lipinski definition) is 1. The molecule has 9 heteroatoms. The molecule has 0 radical (unpaired) electrons. The molecule has 94 valence electrons. The van der Waals surface area contributed by atoms with Crippen LogP contribution in [0.3, 0.4) is 0 Å². The van der Waals surface area contributed by atoms with Crippen molar-refractivity contribution >= 4 is 28.6 Å². The minimum atomic E-state index is -3.49. The summed E-state index contributed by atoms with van der Waals surface area (Å²) in [5, 5.41) is -0.164. The van der Waals surface area contributed by atoms with Crippen LogP contribution in [0.25, 0.3) is 0 Å². The quantitative estimate of drug-likeness (QED) is 0.665. The second-order valence-corrected chi connectivity index (χ2v) is 4.46. The van der Waals surface area contributed by atoms with Crippen LogP contribution in [0.15, 0.2) is 12.1 Å². The number of anilines is 1. The predicted octanol–water partition coefficient (Wildman–Crippen LogP) is 1.73. The lowest BCUT2D eigenvalue weighted by Crippen LogP contribution is -2.49. The minimum absolute atomic E-state index is 0.0575. The van der Waals surface area contributed by atoms with Gasteiger partial charge in [0.05, 0.1) is 17.1 Å². The zero-order valence-corrected chi connectivity index (χ0v) is 9.62. The molecule has 0 fully saturated rings. The molecule has 4 nitrogen and oxygen atoms in total. The van der Waals surface area contributed by atoms with E-state index >= 15 is 0 Å². The summed E-state index contributed by atoms with van der Waals surface area (Å²) in [5.41, 5.74) is -0.291. The standard InChI is InChI=1S/C8H6ClF3N2O2S/c9-6-2-5(10)1-4-3-8(11,12)14(7(4)6)13-17(15)16/h1-2,13H,3H2,(H,15,16)/p-1. The van der Waals surface area contributed by atoms with Crippen molar-refractivity contribution in [1.29, 1.82) is 0 Å². The van der Waals surface area contributed by atoms with Crippen LogP contribution in [0.5, 0.6) is 0 Å². The predicted molar refractivity (Wildman–Crippen MR) is 54.6 cm³/mol. The highest BCUT2D eigenvalue weighted by atomic mass is 35.5. The molecule has 1 aromatic rings. The third-order valence-electron chi connectivity index (χ3n) is 2.23. The molecule has 0 amide bonds. The highest BCUT2D eigenvalue weighted by molar-refractivity contribution is 7.77. The van der Waals surface area contributed by atoms with Crippen molar-refractivity contribution in [2.24, 2.45) is 0 Å². The Bertz CT molecular complexity index is 500. The van der Waals surface area contributed by atoms with Crippen molar-refractivity contribution in [2.75, 3.05) is 5.01 Å². The van der Waals surface area contributed by atoms with E-state index in [0.717, 1.165) is 12.1 Å². The number of hydrazine groups is 1. The molecule has 0 bridgehead atoms. The molecule has 0 saturated carbocycles. The van der Waals surface area contributed by atoms with E-state index in [-0.39, 0.29) is 21.3 Å². The Morgan fingerprint density at radius 1 is 1.53 bits per heavy atom. The molecule has 0 saturated heterocycles. The molecule has 1 aromatic carbocycles. The Morgan fingerprint density at radius 2 is 2.18 bits per heavy atom. The molecule has 1 heterocycles. The maximum Gasteiger partial charge on any atom is 0.343 e.